The van der Waals surface area contributed by atoms with Gasteiger partial charge in [0.25, 0.3) is 0 Å². The largest absolute Gasteiger partial charge is 0.331 e. The molecule has 5 heteroatoms. The molecular weight excluding hydrogens is 259 g/mol. The molecule has 108 valence electrons. The molecule has 0 spiro atoms. The van der Waals surface area contributed by atoms with E-state index >= 15 is 0 Å². The van der Waals surface area contributed by atoms with Crippen molar-refractivity contribution in [2.75, 3.05) is 11.9 Å². The molecule has 1 fully saturated rings. The van der Waals surface area contributed by atoms with Crippen molar-refractivity contribution >= 4 is 17.5 Å². The number of carbonyl (C=O) groups is 2. The Labute approximate surface area is 118 Å². The number of para-hydroxylation sites is 1. The lowest BCUT2D eigenvalue weighted by Crippen LogP contribution is -2.48. The average Bonchev–Trinajstić information content (AvgIpc) is 2.48. The Morgan fingerprint density at radius 3 is 2.80 bits per heavy atom. The molecule has 0 saturated carbocycles. The monoisotopic (exact) mass is 278 g/mol. The highest BCUT2D eigenvalue weighted by molar-refractivity contribution is 6.39. The van der Waals surface area contributed by atoms with Crippen LogP contribution < -0.4 is 5.32 Å². The van der Waals surface area contributed by atoms with Crippen LogP contribution in [0.3, 0.4) is 0 Å². The van der Waals surface area contributed by atoms with Gasteiger partial charge in [0.05, 0.1) is 5.69 Å². The number of carbonyl (C=O) groups excluding carboxylic acids is 2. The predicted molar refractivity (Wildman–Crippen MR) is 74.7 cm³/mol. The van der Waals surface area contributed by atoms with Crippen molar-refractivity contribution in [3.05, 3.63) is 30.1 Å². The number of rotatable bonds is 2. The summed E-state index contributed by atoms with van der Waals surface area (Å²) >= 11 is 0. The second-order valence-corrected chi connectivity index (χ2v) is 4.99. The zero-order valence-electron chi connectivity index (χ0n) is 11.6. The smallest absolute Gasteiger partial charge is 0.313 e. The van der Waals surface area contributed by atoms with Crippen molar-refractivity contribution in [1.82, 2.24) is 4.90 Å². The van der Waals surface area contributed by atoms with Gasteiger partial charge in [-0.05, 0) is 37.8 Å². The number of nitrogens with one attached hydrogen (secondary N) is 1. The first-order valence-electron chi connectivity index (χ1n) is 7.00. The minimum absolute atomic E-state index is 0.0379. The van der Waals surface area contributed by atoms with E-state index in [1.807, 2.05) is 6.92 Å². The zero-order valence-corrected chi connectivity index (χ0v) is 11.6. The average molecular weight is 278 g/mol. The number of hydrogen-bond donors (Lipinski definition) is 1. The Morgan fingerprint density at radius 1 is 1.35 bits per heavy atom. The molecule has 0 aromatic heterocycles. The van der Waals surface area contributed by atoms with E-state index in [2.05, 4.69) is 5.32 Å². The summed E-state index contributed by atoms with van der Waals surface area (Å²) in [6, 6.07) is 5.94. The number of likely N-dealkylation sites (tertiary alicyclic amines) is 1. The summed E-state index contributed by atoms with van der Waals surface area (Å²) in [5.41, 5.74) is 0.0379. The Kier molecular flexibility index (Phi) is 4.71. The Bertz CT molecular complexity index is 504. The second kappa shape index (κ2) is 6.50. The maximum atomic E-state index is 13.5. The van der Waals surface area contributed by atoms with Gasteiger partial charge in [-0.1, -0.05) is 19.1 Å². The molecule has 1 unspecified atom stereocenters. The van der Waals surface area contributed by atoms with E-state index in [1.54, 1.807) is 11.0 Å². The highest BCUT2D eigenvalue weighted by Crippen LogP contribution is 2.20. The summed E-state index contributed by atoms with van der Waals surface area (Å²) in [4.78, 5) is 25.7. The van der Waals surface area contributed by atoms with Crippen LogP contribution in [0.1, 0.15) is 32.6 Å². The molecule has 1 aliphatic rings. The third kappa shape index (κ3) is 3.15. The van der Waals surface area contributed by atoms with E-state index in [1.165, 1.54) is 18.2 Å². The lowest BCUT2D eigenvalue weighted by Gasteiger charge is -2.34. The molecule has 1 N–H and O–H groups in total. The van der Waals surface area contributed by atoms with E-state index in [9.17, 15) is 14.0 Å². The van der Waals surface area contributed by atoms with Crippen LogP contribution >= 0.6 is 0 Å². The molecule has 0 aliphatic carbocycles. The van der Waals surface area contributed by atoms with Crippen LogP contribution in [0.4, 0.5) is 10.1 Å². The van der Waals surface area contributed by atoms with Crippen molar-refractivity contribution in [2.24, 2.45) is 0 Å². The molecule has 20 heavy (non-hydrogen) atoms. The molecular formula is C15H19FN2O2. The Hall–Kier alpha value is -1.91. The van der Waals surface area contributed by atoms with E-state index in [4.69, 9.17) is 0 Å². The Balaban J connectivity index is 2.05. The quantitative estimate of drug-likeness (QED) is 0.845. The van der Waals surface area contributed by atoms with Crippen molar-refractivity contribution in [1.29, 1.82) is 0 Å². The van der Waals surface area contributed by atoms with Gasteiger partial charge in [0, 0.05) is 12.6 Å². The summed E-state index contributed by atoms with van der Waals surface area (Å²) in [7, 11) is 0. The van der Waals surface area contributed by atoms with Crippen molar-refractivity contribution < 1.29 is 14.0 Å². The molecule has 4 nitrogen and oxygen atoms in total. The molecule has 1 aromatic carbocycles. The molecule has 0 bridgehead atoms. The van der Waals surface area contributed by atoms with Gasteiger partial charge in [-0.2, -0.15) is 0 Å². The molecule has 1 heterocycles. The number of anilines is 1. The number of benzene rings is 1. The Morgan fingerprint density at radius 2 is 2.10 bits per heavy atom. The van der Waals surface area contributed by atoms with E-state index in [0.29, 0.717) is 6.54 Å². The standard InChI is InChI=1S/C15H19FN2O2/c1-2-11-7-5-6-10-18(11)15(20)14(19)17-13-9-4-3-8-12(13)16/h3-4,8-9,11H,2,5-7,10H2,1H3,(H,17,19). The maximum Gasteiger partial charge on any atom is 0.313 e. The highest BCUT2D eigenvalue weighted by Gasteiger charge is 2.29. The van der Waals surface area contributed by atoms with Crippen LogP contribution in [0.5, 0.6) is 0 Å². The van der Waals surface area contributed by atoms with Gasteiger partial charge in [-0.15, -0.1) is 0 Å². The maximum absolute atomic E-state index is 13.5. The van der Waals surface area contributed by atoms with E-state index < -0.39 is 17.6 Å². The third-order valence-corrected chi connectivity index (χ3v) is 3.68. The number of halogens is 1. The fourth-order valence-corrected chi connectivity index (χ4v) is 2.56. The van der Waals surface area contributed by atoms with Gasteiger partial charge in [-0.3, -0.25) is 9.59 Å². The number of nitrogens with zero attached hydrogens (tertiary/aromatic N) is 1. The van der Waals surface area contributed by atoms with Gasteiger partial charge in [0.2, 0.25) is 0 Å². The van der Waals surface area contributed by atoms with Crippen LogP contribution in [-0.2, 0) is 9.59 Å². The first kappa shape index (κ1) is 14.5. The highest BCUT2D eigenvalue weighted by atomic mass is 19.1. The molecule has 1 atom stereocenters. The van der Waals surface area contributed by atoms with Gasteiger partial charge in [0.15, 0.2) is 0 Å². The third-order valence-electron chi connectivity index (χ3n) is 3.68. The van der Waals surface area contributed by atoms with E-state index in [0.717, 1.165) is 25.7 Å². The molecule has 1 saturated heterocycles. The van der Waals surface area contributed by atoms with Gasteiger partial charge < -0.3 is 10.2 Å². The summed E-state index contributed by atoms with van der Waals surface area (Å²) in [6.07, 6.45) is 3.75. The fraction of sp³-hybridized carbons (Fsp3) is 0.467. The number of piperidine rings is 1. The fourth-order valence-electron chi connectivity index (χ4n) is 2.56. The van der Waals surface area contributed by atoms with Gasteiger partial charge in [0.1, 0.15) is 5.82 Å². The first-order chi connectivity index (χ1) is 9.63. The van der Waals surface area contributed by atoms with Crippen LogP contribution in [0, 0.1) is 5.82 Å². The lowest BCUT2D eigenvalue weighted by molar-refractivity contribution is -0.145. The molecule has 2 rings (SSSR count). The molecule has 1 aromatic rings. The topological polar surface area (TPSA) is 49.4 Å². The van der Waals surface area contributed by atoms with Crippen molar-refractivity contribution in [3.8, 4) is 0 Å². The minimum atomic E-state index is -0.768. The molecule has 0 radical (unpaired) electrons. The number of hydrogen-bond acceptors (Lipinski definition) is 2. The van der Waals surface area contributed by atoms with E-state index in [-0.39, 0.29) is 11.7 Å². The molecule has 2 amide bonds. The van der Waals surface area contributed by atoms with Crippen LogP contribution in [-0.4, -0.2) is 29.3 Å². The summed E-state index contributed by atoms with van der Waals surface area (Å²) < 4.78 is 13.5. The van der Waals surface area contributed by atoms with Gasteiger partial charge in [-0.25, -0.2) is 4.39 Å². The zero-order chi connectivity index (χ0) is 14.5. The molecule has 1 aliphatic heterocycles. The lowest BCUT2D eigenvalue weighted by atomic mass is 10.00. The summed E-state index contributed by atoms with van der Waals surface area (Å²) in [5, 5.41) is 2.35. The first-order valence-corrected chi connectivity index (χ1v) is 7.00. The minimum Gasteiger partial charge on any atom is -0.331 e. The second-order valence-electron chi connectivity index (χ2n) is 4.99. The summed E-state index contributed by atoms with van der Waals surface area (Å²) in [5.74, 6) is -1.88. The normalized spacial score (nSPS) is 18.7. The van der Waals surface area contributed by atoms with Crippen LogP contribution in [0.25, 0.3) is 0 Å². The van der Waals surface area contributed by atoms with Crippen molar-refractivity contribution in [3.63, 3.8) is 0 Å². The number of amides is 2. The van der Waals surface area contributed by atoms with Crippen molar-refractivity contribution in [2.45, 2.75) is 38.6 Å². The van der Waals surface area contributed by atoms with Crippen LogP contribution in [0.2, 0.25) is 0 Å². The SMILES string of the molecule is CCC1CCCCN1C(=O)C(=O)Nc1ccccc1F. The predicted octanol–water partition coefficient (Wildman–Crippen LogP) is 2.56. The van der Waals surface area contributed by atoms with Crippen LogP contribution in [0.15, 0.2) is 24.3 Å². The van der Waals surface area contributed by atoms with Gasteiger partial charge >= 0.3 is 11.8 Å². The summed E-state index contributed by atoms with van der Waals surface area (Å²) in [6.45, 7) is 2.60.